The smallest absolute Gasteiger partial charge is 0.340 e. The van der Waals surface area contributed by atoms with Crippen LogP contribution in [-0.2, 0) is 14.9 Å². The number of alkyl halides is 1. The second-order valence-electron chi connectivity index (χ2n) is 5.75. The van der Waals surface area contributed by atoms with Crippen LogP contribution in [0.15, 0.2) is 47.4 Å². The van der Waals surface area contributed by atoms with Crippen LogP contribution in [-0.4, -0.2) is 34.0 Å². The van der Waals surface area contributed by atoms with Crippen LogP contribution in [0.5, 0.6) is 11.5 Å². The summed E-state index contributed by atoms with van der Waals surface area (Å²) < 4.78 is 40.9. The van der Waals surface area contributed by atoms with Crippen molar-refractivity contribution in [1.82, 2.24) is 0 Å². The van der Waals surface area contributed by atoms with Crippen LogP contribution in [0.4, 0.5) is 0 Å². The van der Waals surface area contributed by atoms with Gasteiger partial charge in [0, 0.05) is 11.9 Å². The highest BCUT2D eigenvalue weighted by Gasteiger charge is 2.25. The van der Waals surface area contributed by atoms with Crippen LogP contribution in [0.3, 0.4) is 0 Å². The summed E-state index contributed by atoms with van der Waals surface area (Å²) in [6.07, 6.45) is 1.62. The number of hydrogen-bond donors (Lipinski definition) is 0. The predicted molar refractivity (Wildman–Crippen MR) is 102 cm³/mol. The van der Waals surface area contributed by atoms with Gasteiger partial charge in [0.1, 0.15) is 16.4 Å². The van der Waals surface area contributed by atoms with Gasteiger partial charge in [0.05, 0.1) is 19.3 Å². The van der Waals surface area contributed by atoms with E-state index in [1.807, 2.05) is 0 Å². The van der Waals surface area contributed by atoms with E-state index in [0.29, 0.717) is 18.2 Å². The Morgan fingerprint density at radius 2 is 1.78 bits per heavy atom. The number of halogens is 1. The Morgan fingerprint density at radius 1 is 1.07 bits per heavy atom. The zero-order valence-corrected chi connectivity index (χ0v) is 16.7. The summed E-state index contributed by atoms with van der Waals surface area (Å²) in [7, 11) is -3.05. The van der Waals surface area contributed by atoms with E-state index in [1.54, 1.807) is 25.1 Å². The van der Waals surface area contributed by atoms with Crippen molar-refractivity contribution < 1.29 is 26.9 Å². The van der Waals surface area contributed by atoms with Crippen molar-refractivity contribution in [3.8, 4) is 11.5 Å². The first-order valence-corrected chi connectivity index (χ1v) is 10.2. The van der Waals surface area contributed by atoms with Crippen molar-refractivity contribution in [3.05, 3.63) is 53.6 Å². The molecule has 0 bridgehead atoms. The maximum Gasteiger partial charge on any atom is 0.340 e. The quantitative estimate of drug-likeness (QED) is 0.268. The highest BCUT2D eigenvalue weighted by molar-refractivity contribution is 7.87. The van der Waals surface area contributed by atoms with E-state index in [4.69, 9.17) is 20.5 Å². The van der Waals surface area contributed by atoms with Gasteiger partial charge in [-0.2, -0.15) is 8.42 Å². The predicted octanol–water partition coefficient (Wildman–Crippen LogP) is 3.95. The van der Waals surface area contributed by atoms with E-state index < -0.39 is 16.1 Å². The summed E-state index contributed by atoms with van der Waals surface area (Å²) in [5, 5.41) is 0. The van der Waals surface area contributed by atoms with E-state index in [2.05, 4.69) is 4.74 Å². The maximum atomic E-state index is 12.7. The molecule has 27 heavy (non-hydrogen) atoms. The fraction of sp³-hybridized carbons (Fsp3) is 0.316. The molecule has 146 valence electrons. The molecule has 0 fully saturated rings. The molecule has 8 heteroatoms. The van der Waals surface area contributed by atoms with Gasteiger partial charge in [0.2, 0.25) is 0 Å². The van der Waals surface area contributed by atoms with Crippen molar-refractivity contribution in [2.24, 2.45) is 0 Å². The molecule has 0 saturated carbocycles. The monoisotopic (exact) mass is 412 g/mol. The summed E-state index contributed by atoms with van der Waals surface area (Å²) >= 11 is 5.63. The van der Waals surface area contributed by atoms with Crippen LogP contribution in [0, 0.1) is 6.92 Å². The molecular formula is C19H21ClO6S. The van der Waals surface area contributed by atoms with Crippen molar-refractivity contribution in [1.29, 1.82) is 0 Å². The molecule has 0 spiro atoms. The topological polar surface area (TPSA) is 78.9 Å². The number of carbonyl (C=O) groups is 1. The van der Waals surface area contributed by atoms with E-state index in [9.17, 15) is 13.2 Å². The molecule has 0 aliphatic rings. The van der Waals surface area contributed by atoms with Gasteiger partial charge in [-0.05, 0) is 49.6 Å². The van der Waals surface area contributed by atoms with Crippen molar-refractivity contribution in [2.45, 2.75) is 24.7 Å². The van der Waals surface area contributed by atoms with E-state index in [-0.39, 0.29) is 16.2 Å². The van der Waals surface area contributed by atoms with E-state index in [1.165, 1.54) is 31.4 Å². The van der Waals surface area contributed by atoms with E-state index >= 15 is 0 Å². The van der Waals surface area contributed by atoms with Crippen molar-refractivity contribution in [3.63, 3.8) is 0 Å². The number of methoxy groups -OCH3 is 1. The maximum absolute atomic E-state index is 12.7. The number of hydrogen-bond acceptors (Lipinski definition) is 6. The molecule has 0 aromatic heterocycles. The van der Waals surface area contributed by atoms with Gasteiger partial charge in [0.25, 0.3) is 0 Å². The third kappa shape index (κ3) is 5.87. The van der Waals surface area contributed by atoms with Gasteiger partial charge in [-0.15, -0.1) is 11.6 Å². The molecule has 6 nitrogen and oxygen atoms in total. The normalized spacial score (nSPS) is 11.1. The molecule has 0 aliphatic carbocycles. The Hall–Kier alpha value is -2.25. The van der Waals surface area contributed by atoms with Crippen LogP contribution in [0.1, 0.15) is 28.8 Å². The first-order chi connectivity index (χ1) is 12.9. The number of ether oxygens (including phenoxy) is 2. The number of aryl methyl sites for hydroxylation is 1. The Labute approximate surface area is 164 Å². The lowest BCUT2D eigenvalue weighted by atomic mass is 10.2. The molecule has 0 saturated heterocycles. The number of unbranched alkanes of at least 4 members (excludes halogenated alkanes) is 1. The second-order valence-corrected chi connectivity index (χ2v) is 7.64. The summed E-state index contributed by atoms with van der Waals surface area (Å²) in [6.45, 7) is 2.26. The number of esters is 1. The van der Waals surface area contributed by atoms with Gasteiger partial charge >= 0.3 is 16.1 Å². The highest BCUT2D eigenvalue weighted by atomic mass is 35.5. The number of carbonyl (C=O) groups excluding carboxylic acids is 1. The minimum atomic E-state index is -4.24. The van der Waals surface area contributed by atoms with Gasteiger partial charge in [0.15, 0.2) is 0 Å². The average molecular weight is 413 g/mol. The SMILES string of the molecule is COC(=O)c1ccccc1S(=O)(=O)Oc1cc(C)cc(OCCCCCl)c1. The zero-order valence-electron chi connectivity index (χ0n) is 15.1. The minimum Gasteiger partial charge on any atom is -0.493 e. The molecule has 2 aromatic rings. The Bertz CT molecular complexity index is 895. The number of rotatable bonds is 9. The van der Waals surface area contributed by atoms with Crippen molar-refractivity contribution >= 4 is 27.7 Å². The van der Waals surface area contributed by atoms with E-state index in [0.717, 1.165) is 18.4 Å². The molecule has 2 rings (SSSR count). The molecule has 0 heterocycles. The Kier molecular flexibility index (Phi) is 7.50. The standard InChI is InChI=1S/C19H21ClO6S/c1-14-11-15(25-10-6-5-9-20)13-16(12-14)26-27(22,23)18-8-4-3-7-17(18)19(21)24-2/h3-4,7-8,11-13H,5-6,9-10H2,1-2H3. The molecule has 0 amide bonds. The number of benzene rings is 2. The van der Waals surface area contributed by atoms with Crippen molar-refractivity contribution in [2.75, 3.05) is 19.6 Å². The summed E-state index contributed by atoms with van der Waals surface area (Å²) in [5.74, 6) is 0.395. The van der Waals surface area contributed by atoms with Crippen LogP contribution >= 0.6 is 11.6 Å². The summed E-state index contributed by atoms with van der Waals surface area (Å²) in [6, 6.07) is 10.6. The van der Waals surface area contributed by atoms with Gasteiger partial charge < -0.3 is 13.7 Å². The van der Waals surface area contributed by atoms with Gasteiger partial charge in [-0.3, -0.25) is 0 Å². The lowest BCUT2D eigenvalue weighted by Crippen LogP contribution is -2.15. The lowest BCUT2D eigenvalue weighted by molar-refractivity contribution is 0.0596. The highest BCUT2D eigenvalue weighted by Crippen LogP contribution is 2.27. The third-order valence-electron chi connectivity index (χ3n) is 3.59. The molecule has 0 aliphatic heterocycles. The first-order valence-electron chi connectivity index (χ1n) is 8.29. The summed E-state index contributed by atoms with van der Waals surface area (Å²) in [5.41, 5.74) is 0.682. The van der Waals surface area contributed by atoms with Gasteiger partial charge in [-0.25, -0.2) is 4.79 Å². The Morgan fingerprint density at radius 3 is 2.48 bits per heavy atom. The fourth-order valence-electron chi connectivity index (χ4n) is 2.37. The lowest BCUT2D eigenvalue weighted by Gasteiger charge is -2.12. The van der Waals surface area contributed by atoms with Crippen LogP contribution in [0.2, 0.25) is 0 Å². The molecule has 2 aromatic carbocycles. The fourth-order valence-corrected chi connectivity index (χ4v) is 3.66. The minimum absolute atomic E-state index is 0.0924. The molecule has 0 atom stereocenters. The van der Waals surface area contributed by atoms with Crippen LogP contribution < -0.4 is 8.92 Å². The molecule has 0 unspecified atom stereocenters. The van der Waals surface area contributed by atoms with Gasteiger partial charge in [-0.1, -0.05) is 12.1 Å². The largest absolute Gasteiger partial charge is 0.493 e. The molecular weight excluding hydrogens is 392 g/mol. The molecule has 0 radical (unpaired) electrons. The first kappa shape index (κ1) is 21.1. The second kappa shape index (κ2) is 9.62. The molecule has 0 N–H and O–H groups in total. The third-order valence-corrected chi connectivity index (χ3v) is 5.16. The Balaban J connectivity index is 2.26. The zero-order chi connectivity index (χ0) is 19.9. The average Bonchev–Trinajstić information content (AvgIpc) is 2.64. The van der Waals surface area contributed by atoms with Crippen LogP contribution in [0.25, 0.3) is 0 Å². The summed E-state index contributed by atoms with van der Waals surface area (Å²) in [4.78, 5) is 11.6.